The third-order valence-electron chi connectivity index (χ3n) is 2.97. The minimum absolute atomic E-state index is 0.0281. The number of carboxylic acids is 1. The Kier molecular flexibility index (Phi) is 4.68. The number of rotatable bonds is 4. The van der Waals surface area contributed by atoms with Gasteiger partial charge in [0.1, 0.15) is 5.56 Å². The highest BCUT2D eigenvalue weighted by atomic mass is 79.9. The highest BCUT2D eigenvalue weighted by Gasteiger charge is 2.16. The van der Waals surface area contributed by atoms with E-state index in [1.165, 1.54) is 0 Å². The molecule has 0 aliphatic carbocycles. The number of hydrogen-bond acceptors (Lipinski definition) is 2. The molecule has 2 aromatic rings. The summed E-state index contributed by atoms with van der Waals surface area (Å²) in [5, 5.41) is 12.7. The smallest absolute Gasteiger partial charge is 0.339 e. The largest absolute Gasteiger partial charge is 0.478 e. The van der Waals surface area contributed by atoms with Crippen molar-refractivity contribution in [3.05, 3.63) is 63.1 Å². The van der Waals surface area contributed by atoms with E-state index in [1.54, 1.807) is 18.2 Å². The normalized spacial score (nSPS) is 11.9. The Labute approximate surface area is 130 Å². The fourth-order valence-corrected chi connectivity index (χ4v) is 2.45. The first-order valence-corrected chi connectivity index (χ1v) is 7.20. The van der Waals surface area contributed by atoms with E-state index < -0.39 is 5.97 Å². The van der Waals surface area contributed by atoms with Crippen LogP contribution in [0.3, 0.4) is 0 Å². The molecule has 5 heteroatoms. The first-order chi connectivity index (χ1) is 9.49. The topological polar surface area (TPSA) is 49.3 Å². The van der Waals surface area contributed by atoms with Crippen molar-refractivity contribution in [3.63, 3.8) is 0 Å². The number of carboxylic acid groups (broad SMARTS) is 1. The average molecular weight is 355 g/mol. The fraction of sp³-hybridized carbons (Fsp3) is 0.133. The van der Waals surface area contributed by atoms with Gasteiger partial charge in [-0.05, 0) is 36.8 Å². The third-order valence-corrected chi connectivity index (χ3v) is 3.81. The highest BCUT2D eigenvalue weighted by Crippen LogP contribution is 2.28. The monoisotopic (exact) mass is 353 g/mol. The molecule has 0 saturated heterocycles. The van der Waals surface area contributed by atoms with E-state index in [9.17, 15) is 9.90 Å². The second-order valence-corrected chi connectivity index (χ2v) is 5.71. The molecule has 0 bridgehead atoms. The van der Waals surface area contributed by atoms with Gasteiger partial charge in [0.25, 0.3) is 0 Å². The van der Waals surface area contributed by atoms with Crippen molar-refractivity contribution < 1.29 is 9.90 Å². The number of halogens is 2. The maximum Gasteiger partial charge on any atom is 0.339 e. The minimum atomic E-state index is -1.04. The standard InChI is InChI=1S/C15H13BrClNO2/c1-9(10-5-7-11(16)8-6-10)18-13-4-2-3-12(17)14(13)15(19)20/h2-9,18H,1H3,(H,19,20). The van der Waals surface area contributed by atoms with E-state index in [2.05, 4.69) is 21.2 Å². The lowest BCUT2D eigenvalue weighted by Crippen LogP contribution is -2.11. The summed E-state index contributed by atoms with van der Waals surface area (Å²) in [6, 6.07) is 12.8. The Morgan fingerprint density at radius 1 is 1.25 bits per heavy atom. The summed E-state index contributed by atoms with van der Waals surface area (Å²) < 4.78 is 1.00. The molecule has 0 aliphatic rings. The molecule has 0 saturated carbocycles. The van der Waals surface area contributed by atoms with Gasteiger partial charge in [0.15, 0.2) is 0 Å². The van der Waals surface area contributed by atoms with Crippen LogP contribution in [0.15, 0.2) is 46.9 Å². The molecular weight excluding hydrogens is 342 g/mol. The van der Waals surface area contributed by atoms with Crippen LogP contribution in [0.25, 0.3) is 0 Å². The second kappa shape index (κ2) is 6.29. The first kappa shape index (κ1) is 14.9. The zero-order chi connectivity index (χ0) is 14.7. The van der Waals surface area contributed by atoms with Crippen molar-refractivity contribution in [1.29, 1.82) is 0 Å². The lowest BCUT2D eigenvalue weighted by molar-refractivity contribution is 0.0698. The van der Waals surface area contributed by atoms with Crippen LogP contribution in [0.5, 0.6) is 0 Å². The predicted molar refractivity (Wildman–Crippen MR) is 84.6 cm³/mol. The predicted octanol–water partition coefficient (Wildman–Crippen LogP) is 4.97. The highest BCUT2D eigenvalue weighted by molar-refractivity contribution is 9.10. The summed E-state index contributed by atoms with van der Waals surface area (Å²) in [6.45, 7) is 1.97. The van der Waals surface area contributed by atoms with Gasteiger partial charge in [-0.25, -0.2) is 4.79 Å². The second-order valence-electron chi connectivity index (χ2n) is 4.39. The van der Waals surface area contributed by atoms with Crippen molar-refractivity contribution in [2.75, 3.05) is 5.32 Å². The van der Waals surface area contributed by atoms with Gasteiger partial charge < -0.3 is 10.4 Å². The number of nitrogens with one attached hydrogen (secondary N) is 1. The van der Waals surface area contributed by atoms with E-state index in [1.807, 2.05) is 31.2 Å². The summed E-state index contributed by atoms with van der Waals surface area (Å²) in [7, 11) is 0. The average Bonchev–Trinajstić information content (AvgIpc) is 2.39. The van der Waals surface area contributed by atoms with Crippen LogP contribution in [0.4, 0.5) is 5.69 Å². The Bertz CT molecular complexity index is 628. The maximum atomic E-state index is 11.3. The molecule has 2 N–H and O–H groups in total. The molecular formula is C15H13BrClNO2. The zero-order valence-electron chi connectivity index (χ0n) is 10.7. The molecule has 104 valence electrons. The Balaban J connectivity index is 2.28. The van der Waals surface area contributed by atoms with Gasteiger partial charge in [-0.15, -0.1) is 0 Å². The summed E-state index contributed by atoms with van der Waals surface area (Å²) in [4.78, 5) is 11.3. The number of benzene rings is 2. The van der Waals surface area contributed by atoms with E-state index in [0.29, 0.717) is 5.69 Å². The summed E-state index contributed by atoms with van der Waals surface area (Å²) in [6.07, 6.45) is 0. The van der Waals surface area contributed by atoms with Crippen LogP contribution in [0, 0.1) is 0 Å². The number of carbonyl (C=O) groups is 1. The number of aromatic carboxylic acids is 1. The first-order valence-electron chi connectivity index (χ1n) is 6.03. The van der Waals surface area contributed by atoms with Crippen LogP contribution in [-0.4, -0.2) is 11.1 Å². The lowest BCUT2D eigenvalue weighted by Gasteiger charge is -2.18. The van der Waals surface area contributed by atoms with Crippen molar-refractivity contribution in [2.45, 2.75) is 13.0 Å². The van der Waals surface area contributed by atoms with Gasteiger partial charge >= 0.3 is 5.97 Å². The van der Waals surface area contributed by atoms with Gasteiger partial charge in [0, 0.05) is 10.5 Å². The van der Waals surface area contributed by atoms with Gasteiger partial charge in [-0.3, -0.25) is 0 Å². The molecule has 0 fully saturated rings. The van der Waals surface area contributed by atoms with Gasteiger partial charge in [-0.2, -0.15) is 0 Å². The molecule has 1 unspecified atom stereocenters. The van der Waals surface area contributed by atoms with Crippen LogP contribution in [0.2, 0.25) is 5.02 Å². The molecule has 3 nitrogen and oxygen atoms in total. The molecule has 2 rings (SSSR count). The van der Waals surface area contributed by atoms with E-state index >= 15 is 0 Å². The zero-order valence-corrected chi connectivity index (χ0v) is 13.1. The Hall–Kier alpha value is -1.52. The summed E-state index contributed by atoms with van der Waals surface area (Å²) in [5.41, 5.74) is 1.67. The van der Waals surface area contributed by atoms with Crippen LogP contribution >= 0.6 is 27.5 Å². The Morgan fingerprint density at radius 2 is 1.90 bits per heavy atom. The molecule has 0 aromatic heterocycles. The number of anilines is 1. The fourth-order valence-electron chi connectivity index (χ4n) is 1.93. The van der Waals surface area contributed by atoms with Crippen LogP contribution < -0.4 is 5.32 Å². The Morgan fingerprint density at radius 3 is 2.50 bits per heavy atom. The molecule has 0 aliphatic heterocycles. The van der Waals surface area contributed by atoms with E-state index in [0.717, 1.165) is 10.0 Å². The molecule has 0 spiro atoms. The van der Waals surface area contributed by atoms with Crippen molar-refractivity contribution >= 4 is 39.2 Å². The summed E-state index contributed by atoms with van der Waals surface area (Å²) in [5.74, 6) is -1.04. The van der Waals surface area contributed by atoms with Crippen molar-refractivity contribution in [2.24, 2.45) is 0 Å². The van der Waals surface area contributed by atoms with Gasteiger partial charge in [0.05, 0.1) is 10.7 Å². The minimum Gasteiger partial charge on any atom is -0.478 e. The molecule has 2 aromatic carbocycles. The molecule has 0 heterocycles. The van der Waals surface area contributed by atoms with Crippen molar-refractivity contribution in [3.8, 4) is 0 Å². The number of hydrogen-bond donors (Lipinski definition) is 2. The molecule has 0 radical (unpaired) electrons. The molecule has 20 heavy (non-hydrogen) atoms. The van der Waals surface area contributed by atoms with E-state index in [4.69, 9.17) is 11.6 Å². The maximum absolute atomic E-state index is 11.3. The van der Waals surface area contributed by atoms with Gasteiger partial charge in [0.2, 0.25) is 0 Å². The van der Waals surface area contributed by atoms with Crippen LogP contribution in [-0.2, 0) is 0 Å². The SMILES string of the molecule is CC(Nc1cccc(Cl)c1C(=O)O)c1ccc(Br)cc1. The summed E-state index contributed by atoms with van der Waals surface area (Å²) >= 11 is 9.33. The van der Waals surface area contributed by atoms with E-state index in [-0.39, 0.29) is 16.6 Å². The van der Waals surface area contributed by atoms with Crippen LogP contribution in [0.1, 0.15) is 28.9 Å². The van der Waals surface area contributed by atoms with Gasteiger partial charge in [-0.1, -0.05) is 45.7 Å². The quantitative estimate of drug-likeness (QED) is 0.814. The molecule has 0 amide bonds. The third kappa shape index (κ3) is 3.32. The van der Waals surface area contributed by atoms with Crippen molar-refractivity contribution in [1.82, 2.24) is 0 Å². The molecule has 1 atom stereocenters. The lowest BCUT2D eigenvalue weighted by atomic mass is 10.1.